The summed E-state index contributed by atoms with van der Waals surface area (Å²) in [4.78, 5) is 0. The molecular formula is C12H14BrNO. The number of nitrogens with one attached hydrogen (secondary N) is 1. The molecular weight excluding hydrogens is 254 g/mol. The molecule has 0 saturated carbocycles. The number of terminal acetylenes is 1. The van der Waals surface area contributed by atoms with Crippen LogP contribution < -0.4 is 10.1 Å². The van der Waals surface area contributed by atoms with E-state index in [1.165, 1.54) is 0 Å². The van der Waals surface area contributed by atoms with Gasteiger partial charge < -0.3 is 10.1 Å². The molecule has 0 aliphatic carbocycles. The van der Waals surface area contributed by atoms with Crippen LogP contribution in [0, 0.1) is 12.3 Å². The van der Waals surface area contributed by atoms with Crippen molar-refractivity contribution in [1.82, 2.24) is 5.32 Å². The summed E-state index contributed by atoms with van der Waals surface area (Å²) in [5, 5.41) is 3.22. The molecule has 1 atom stereocenters. The third-order valence-corrected chi connectivity index (χ3v) is 2.81. The first-order valence-corrected chi connectivity index (χ1v) is 5.55. The molecule has 0 bridgehead atoms. The van der Waals surface area contributed by atoms with Gasteiger partial charge in [-0.05, 0) is 30.3 Å². The minimum atomic E-state index is -0.0838. The van der Waals surface area contributed by atoms with Crippen LogP contribution >= 0.6 is 15.9 Å². The van der Waals surface area contributed by atoms with Crippen LogP contribution in [-0.2, 0) is 0 Å². The first kappa shape index (κ1) is 12.1. The molecule has 0 spiro atoms. The second-order valence-electron chi connectivity index (χ2n) is 3.04. The Kier molecular flexibility index (Phi) is 4.67. The number of methoxy groups -OCH3 is 1. The van der Waals surface area contributed by atoms with Crippen molar-refractivity contribution in [1.29, 1.82) is 0 Å². The van der Waals surface area contributed by atoms with Crippen molar-refractivity contribution in [2.45, 2.75) is 13.0 Å². The zero-order chi connectivity index (χ0) is 11.3. The predicted octanol–water partition coefficient (Wildman–Crippen LogP) is 2.74. The molecule has 0 radical (unpaired) electrons. The minimum absolute atomic E-state index is 0.0838. The lowest BCUT2D eigenvalue weighted by molar-refractivity contribution is 0.413. The van der Waals surface area contributed by atoms with E-state index < -0.39 is 0 Å². The van der Waals surface area contributed by atoms with Crippen molar-refractivity contribution < 1.29 is 4.74 Å². The molecule has 1 N–H and O–H groups in total. The number of hydrogen-bond donors (Lipinski definition) is 1. The molecule has 0 amide bonds. The first-order valence-electron chi connectivity index (χ1n) is 4.75. The molecule has 0 aliphatic heterocycles. The highest BCUT2D eigenvalue weighted by Crippen LogP contribution is 2.27. The molecule has 80 valence electrons. The zero-order valence-corrected chi connectivity index (χ0v) is 10.5. The largest absolute Gasteiger partial charge is 0.497 e. The van der Waals surface area contributed by atoms with Crippen molar-refractivity contribution in [3.63, 3.8) is 0 Å². The van der Waals surface area contributed by atoms with Gasteiger partial charge in [0, 0.05) is 4.47 Å². The third kappa shape index (κ3) is 2.98. The summed E-state index contributed by atoms with van der Waals surface area (Å²) < 4.78 is 6.16. The summed E-state index contributed by atoms with van der Waals surface area (Å²) >= 11 is 3.48. The van der Waals surface area contributed by atoms with Gasteiger partial charge in [-0.25, -0.2) is 0 Å². The van der Waals surface area contributed by atoms with Crippen LogP contribution in [0.2, 0.25) is 0 Å². The van der Waals surface area contributed by atoms with Gasteiger partial charge in [0.2, 0.25) is 0 Å². The molecule has 1 aromatic rings. The van der Waals surface area contributed by atoms with Gasteiger partial charge in [-0.3, -0.25) is 0 Å². The van der Waals surface area contributed by atoms with Crippen LogP contribution in [-0.4, -0.2) is 13.7 Å². The molecule has 2 nitrogen and oxygen atoms in total. The fourth-order valence-corrected chi connectivity index (χ4v) is 1.81. The van der Waals surface area contributed by atoms with Crippen LogP contribution in [0.3, 0.4) is 0 Å². The Morgan fingerprint density at radius 3 is 2.87 bits per heavy atom. The van der Waals surface area contributed by atoms with Gasteiger partial charge >= 0.3 is 0 Å². The Morgan fingerprint density at radius 1 is 1.60 bits per heavy atom. The number of halogens is 1. The molecule has 0 heterocycles. The Labute approximate surface area is 99.2 Å². The standard InChI is InChI=1S/C12H14BrNO/c1-4-12(14-5-2)10-8-9(15-3)6-7-11(10)13/h1,6-8,12,14H,5H2,2-3H3. The molecule has 1 aromatic carbocycles. The monoisotopic (exact) mass is 267 g/mol. The highest BCUT2D eigenvalue weighted by atomic mass is 79.9. The predicted molar refractivity (Wildman–Crippen MR) is 65.9 cm³/mol. The highest BCUT2D eigenvalue weighted by Gasteiger charge is 2.11. The van der Waals surface area contributed by atoms with E-state index >= 15 is 0 Å². The van der Waals surface area contributed by atoms with E-state index in [4.69, 9.17) is 11.2 Å². The summed E-state index contributed by atoms with van der Waals surface area (Å²) in [5.74, 6) is 3.53. The minimum Gasteiger partial charge on any atom is -0.497 e. The van der Waals surface area contributed by atoms with E-state index in [0.29, 0.717) is 0 Å². The van der Waals surface area contributed by atoms with Crippen LogP contribution in [0.25, 0.3) is 0 Å². The van der Waals surface area contributed by atoms with Gasteiger partial charge in [-0.15, -0.1) is 6.42 Å². The maximum atomic E-state index is 5.48. The second kappa shape index (κ2) is 5.79. The van der Waals surface area contributed by atoms with E-state index in [-0.39, 0.29) is 6.04 Å². The molecule has 0 fully saturated rings. The number of benzene rings is 1. The fraction of sp³-hybridized carbons (Fsp3) is 0.333. The molecule has 0 aromatic heterocycles. The van der Waals surface area contributed by atoms with E-state index in [1.54, 1.807) is 7.11 Å². The van der Waals surface area contributed by atoms with Crippen molar-refractivity contribution in [2.75, 3.05) is 13.7 Å². The number of ether oxygens (including phenoxy) is 1. The Bertz CT molecular complexity index is 370. The highest BCUT2D eigenvalue weighted by molar-refractivity contribution is 9.10. The topological polar surface area (TPSA) is 21.3 Å². The van der Waals surface area contributed by atoms with Gasteiger partial charge in [-0.1, -0.05) is 28.8 Å². The molecule has 1 rings (SSSR count). The average Bonchev–Trinajstić information content (AvgIpc) is 2.27. The number of rotatable bonds is 4. The van der Waals surface area contributed by atoms with E-state index in [1.807, 2.05) is 25.1 Å². The van der Waals surface area contributed by atoms with Crippen molar-refractivity contribution in [2.24, 2.45) is 0 Å². The van der Waals surface area contributed by atoms with E-state index in [2.05, 4.69) is 27.2 Å². The Morgan fingerprint density at radius 2 is 2.33 bits per heavy atom. The van der Waals surface area contributed by atoms with Gasteiger partial charge in [0.05, 0.1) is 13.2 Å². The lowest BCUT2D eigenvalue weighted by atomic mass is 10.1. The number of hydrogen-bond acceptors (Lipinski definition) is 2. The smallest absolute Gasteiger partial charge is 0.119 e. The summed E-state index contributed by atoms with van der Waals surface area (Å²) in [6.45, 7) is 2.86. The van der Waals surface area contributed by atoms with Crippen molar-refractivity contribution in [3.8, 4) is 18.1 Å². The van der Waals surface area contributed by atoms with Gasteiger partial charge in [0.1, 0.15) is 5.75 Å². The van der Waals surface area contributed by atoms with Crippen LogP contribution in [0.15, 0.2) is 22.7 Å². The van der Waals surface area contributed by atoms with E-state index in [0.717, 1.165) is 22.3 Å². The average molecular weight is 268 g/mol. The maximum Gasteiger partial charge on any atom is 0.119 e. The normalized spacial score (nSPS) is 11.9. The molecule has 3 heteroatoms. The van der Waals surface area contributed by atoms with Gasteiger partial charge in [0.15, 0.2) is 0 Å². The molecule has 1 unspecified atom stereocenters. The van der Waals surface area contributed by atoms with Crippen LogP contribution in [0.1, 0.15) is 18.5 Å². The SMILES string of the molecule is C#CC(NCC)c1cc(OC)ccc1Br. The maximum absolute atomic E-state index is 5.48. The summed E-state index contributed by atoms with van der Waals surface area (Å²) in [6, 6.07) is 5.69. The Hall–Kier alpha value is -0.980. The lowest BCUT2D eigenvalue weighted by Gasteiger charge is -2.14. The third-order valence-electron chi connectivity index (χ3n) is 2.09. The van der Waals surface area contributed by atoms with Crippen LogP contribution in [0.5, 0.6) is 5.75 Å². The summed E-state index contributed by atoms with van der Waals surface area (Å²) in [7, 11) is 1.64. The zero-order valence-electron chi connectivity index (χ0n) is 8.88. The van der Waals surface area contributed by atoms with E-state index in [9.17, 15) is 0 Å². The molecule has 0 saturated heterocycles. The summed E-state index contributed by atoms with van der Waals surface area (Å²) in [5.41, 5.74) is 1.03. The second-order valence-corrected chi connectivity index (χ2v) is 3.90. The fourth-order valence-electron chi connectivity index (χ4n) is 1.33. The van der Waals surface area contributed by atoms with Crippen molar-refractivity contribution >= 4 is 15.9 Å². The van der Waals surface area contributed by atoms with Crippen LogP contribution in [0.4, 0.5) is 0 Å². The van der Waals surface area contributed by atoms with Gasteiger partial charge in [0.25, 0.3) is 0 Å². The van der Waals surface area contributed by atoms with Gasteiger partial charge in [-0.2, -0.15) is 0 Å². The molecule has 0 aliphatic rings. The van der Waals surface area contributed by atoms with Crippen molar-refractivity contribution in [3.05, 3.63) is 28.2 Å². The lowest BCUT2D eigenvalue weighted by Crippen LogP contribution is -2.19. The first-order chi connectivity index (χ1) is 7.22. The Balaban J connectivity index is 3.05. The summed E-state index contributed by atoms with van der Waals surface area (Å²) in [6.07, 6.45) is 5.48. The quantitative estimate of drug-likeness (QED) is 0.848. The molecule has 15 heavy (non-hydrogen) atoms.